The van der Waals surface area contributed by atoms with Gasteiger partial charge in [-0.3, -0.25) is 9.48 Å². The van der Waals surface area contributed by atoms with E-state index in [9.17, 15) is 9.18 Å². The summed E-state index contributed by atoms with van der Waals surface area (Å²) in [4.78, 5) is 12.8. The maximum absolute atomic E-state index is 13.5. The van der Waals surface area contributed by atoms with Gasteiger partial charge in [-0.1, -0.05) is 30.3 Å². The molecular formula is C20H18FN3O2. The van der Waals surface area contributed by atoms with E-state index in [0.717, 1.165) is 11.3 Å². The normalized spacial score (nSPS) is 15.4. The van der Waals surface area contributed by atoms with Crippen LogP contribution in [-0.4, -0.2) is 22.3 Å². The van der Waals surface area contributed by atoms with E-state index < -0.39 is 0 Å². The first-order chi connectivity index (χ1) is 12.6. The molecular weight excluding hydrogens is 333 g/mol. The number of nitrogens with one attached hydrogen (secondary N) is 1. The summed E-state index contributed by atoms with van der Waals surface area (Å²) < 4.78 is 20.8. The minimum absolute atomic E-state index is 0.241. The third-order valence-electron chi connectivity index (χ3n) is 4.58. The van der Waals surface area contributed by atoms with E-state index in [1.165, 1.54) is 12.1 Å². The third kappa shape index (κ3) is 3.06. The average molecular weight is 351 g/mol. The van der Waals surface area contributed by atoms with Crippen molar-refractivity contribution in [2.45, 2.75) is 12.5 Å². The van der Waals surface area contributed by atoms with Crippen LogP contribution in [0, 0.1) is 5.82 Å². The molecule has 5 nitrogen and oxygen atoms in total. The predicted octanol–water partition coefficient (Wildman–Crippen LogP) is 3.01. The number of carbonyl (C=O) groups excluding carboxylic acids is 1. The maximum atomic E-state index is 13.5. The van der Waals surface area contributed by atoms with E-state index in [0.29, 0.717) is 29.9 Å². The molecule has 0 radical (unpaired) electrons. The zero-order valence-corrected chi connectivity index (χ0v) is 14.3. The second kappa shape index (κ2) is 6.63. The van der Waals surface area contributed by atoms with E-state index in [-0.39, 0.29) is 17.8 Å². The Bertz CT molecular complexity index is 953. The maximum Gasteiger partial charge on any atom is 0.255 e. The van der Waals surface area contributed by atoms with Crippen LogP contribution in [0.25, 0.3) is 0 Å². The molecule has 1 unspecified atom stereocenters. The molecule has 2 heterocycles. The highest BCUT2D eigenvalue weighted by atomic mass is 19.1. The van der Waals surface area contributed by atoms with Gasteiger partial charge in [-0.2, -0.15) is 5.10 Å². The first-order valence-electron chi connectivity index (χ1n) is 8.40. The molecule has 0 saturated heterocycles. The van der Waals surface area contributed by atoms with Crippen LogP contribution in [0.15, 0.2) is 54.7 Å². The molecule has 3 aromatic rings. The van der Waals surface area contributed by atoms with Crippen LogP contribution in [-0.2, 0) is 13.5 Å². The number of ether oxygens (including phenoxy) is 1. The van der Waals surface area contributed by atoms with Crippen molar-refractivity contribution in [3.63, 3.8) is 0 Å². The lowest BCUT2D eigenvalue weighted by atomic mass is 10.1. The molecule has 132 valence electrons. The fraction of sp³-hybridized carbons (Fsp3) is 0.200. The number of fused-ring (bicyclic) bond motifs is 1. The molecule has 0 saturated carbocycles. The van der Waals surface area contributed by atoms with E-state index >= 15 is 0 Å². The summed E-state index contributed by atoms with van der Waals surface area (Å²) in [7, 11) is 1.82. The Morgan fingerprint density at radius 3 is 2.92 bits per heavy atom. The van der Waals surface area contributed by atoms with Gasteiger partial charge < -0.3 is 10.1 Å². The number of benzene rings is 2. The second-order valence-corrected chi connectivity index (χ2v) is 6.31. The quantitative estimate of drug-likeness (QED) is 0.786. The average Bonchev–Trinajstić information content (AvgIpc) is 3.20. The Morgan fingerprint density at radius 2 is 2.12 bits per heavy atom. The second-order valence-electron chi connectivity index (χ2n) is 6.31. The van der Waals surface area contributed by atoms with E-state index in [1.54, 1.807) is 16.9 Å². The number of aromatic nitrogens is 2. The summed E-state index contributed by atoms with van der Waals surface area (Å²) >= 11 is 0. The first kappa shape index (κ1) is 16.3. The molecule has 6 heteroatoms. The highest BCUT2D eigenvalue weighted by molar-refractivity contribution is 5.95. The van der Waals surface area contributed by atoms with Crippen LogP contribution < -0.4 is 10.1 Å². The van der Waals surface area contributed by atoms with Crippen LogP contribution in [0.3, 0.4) is 0 Å². The Kier molecular flexibility index (Phi) is 4.16. The Balaban J connectivity index is 1.56. The van der Waals surface area contributed by atoms with Crippen molar-refractivity contribution >= 4 is 5.91 Å². The number of hydrogen-bond acceptors (Lipinski definition) is 3. The van der Waals surface area contributed by atoms with Gasteiger partial charge in [0.25, 0.3) is 5.91 Å². The van der Waals surface area contributed by atoms with E-state index in [2.05, 4.69) is 10.4 Å². The number of carbonyl (C=O) groups is 1. The smallest absolute Gasteiger partial charge is 0.255 e. The first-order valence-corrected chi connectivity index (χ1v) is 8.40. The summed E-state index contributed by atoms with van der Waals surface area (Å²) in [6.45, 7) is 0.290. The van der Waals surface area contributed by atoms with Gasteiger partial charge in [0.05, 0.1) is 23.5 Å². The molecule has 1 aliphatic rings. The van der Waals surface area contributed by atoms with E-state index in [1.807, 2.05) is 37.4 Å². The van der Waals surface area contributed by atoms with Crippen molar-refractivity contribution in [2.24, 2.45) is 7.05 Å². The fourth-order valence-corrected chi connectivity index (χ4v) is 3.19. The molecule has 0 aliphatic carbocycles. The van der Waals surface area contributed by atoms with Gasteiger partial charge in [-0.05, 0) is 23.8 Å². The van der Waals surface area contributed by atoms with Crippen molar-refractivity contribution in [1.29, 1.82) is 0 Å². The molecule has 1 aliphatic heterocycles. The molecule has 2 aromatic carbocycles. The number of aryl methyl sites for hydroxylation is 1. The summed E-state index contributed by atoms with van der Waals surface area (Å²) in [5.41, 5.74) is 3.10. The molecule has 1 atom stereocenters. The molecule has 0 spiro atoms. The molecule has 26 heavy (non-hydrogen) atoms. The van der Waals surface area contributed by atoms with Gasteiger partial charge in [0.1, 0.15) is 18.2 Å². The zero-order valence-electron chi connectivity index (χ0n) is 14.3. The largest absolute Gasteiger partial charge is 0.491 e. The standard InChI is InChI=1S/C20H18FN3O2/c1-24-18(9-13-5-3-2-4-6-13)16(11-22-24)20(25)23-17-12-26-19-8-7-14(21)10-15(17)19/h2-8,10-11,17H,9,12H2,1H3,(H,23,25). The Morgan fingerprint density at radius 1 is 1.31 bits per heavy atom. The Labute approximate surface area is 150 Å². The van der Waals surface area contributed by atoms with Gasteiger partial charge >= 0.3 is 0 Å². The lowest BCUT2D eigenvalue weighted by Gasteiger charge is -2.12. The molecule has 1 N–H and O–H groups in total. The minimum Gasteiger partial charge on any atom is -0.491 e. The number of rotatable bonds is 4. The fourth-order valence-electron chi connectivity index (χ4n) is 3.19. The molecule has 1 aromatic heterocycles. The summed E-state index contributed by atoms with van der Waals surface area (Å²) in [5.74, 6) is 0.0155. The van der Waals surface area contributed by atoms with Crippen LogP contribution in [0.5, 0.6) is 5.75 Å². The third-order valence-corrected chi connectivity index (χ3v) is 4.58. The molecule has 4 rings (SSSR count). The lowest BCUT2D eigenvalue weighted by Crippen LogP contribution is -2.30. The van der Waals surface area contributed by atoms with Crippen molar-refractivity contribution in [3.8, 4) is 5.75 Å². The minimum atomic E-state index is -0.377. The summed E-state index contributed by atoms with van der Waals surface area (Å²) in [5, 5.41) is 7.17. The van der Waals surface area contributed by atoms with Gasteiger partial charge in [0.2, 0.25) is 0 Å². The van der Waals surface area contributed by atoms with Crippen molar-refractivity contribution < 1.29 is 13.9 Å². The Hall–Kier alpha value is -3.15. The van der Waals surface area contributed by atoms with Crippen LogP contribution >= 0.6 is 0 Å². The zero-order chi connectivity index (χ0) is 18.1. The summed E-state index contributed by atoms with van der Waals surface area (Å²) in [6.07, 6.45) is 2.17. The predicted molar refractivity (Wildman–Crippen MR) is 94.6 cm³/mol. The van der Waals surface area contributed by atoms with Gasteiger partial charge in [0, 0.05) is 19.0 Å². The van der Waals surface area contributed by atoms with Crippen LogP contribution in [0.1, 0.15) is 33.2 Å². The summed E-state index contributed by atoms with van der Waals surface area (Å²) in [6, 6.07) is 13.9. The molecule has 0 fully saturated rings. The number of halogens is 1. The van der Waals surface area contributed by atoms with Crippen molar-refractivity contribution in [3.05, 3.63) is 82.9 Å². The molecule has 0 bridgehead atoms. The van der Waals surface area contributed by atoms with Crippen LogP contribution in [0.2, 0.25) is 0 Å². The lowest BCUT2D eigenvalue weighted by molar-refractivity contribution is 0.0929. The van der Waals surface area contributed by atoms with Gasteiger partial charge in [-0.25, -0.2) is 4.39 Å². The van der Waals surface area contributed by atoms with E-state index in [4.69, 9.17) is 4.74 Å². The van der Waals surface area contributed by atoms with Crippen LogP contribution in [0.4, 0.5) is 4.39 Å². The SMILES string of the molecule is Cn1ncc(C(=O)NC2COc3ccc(F)cc32)c1Cc1ccccc1. The molecule has 1 amide bonds. The van der Waals surface area contributed by atoms with Crippen molar-refractivity contribution in [2.75, 3.05) is 6.61 Å². The highest BCUT2D eigenvalue weighted by Gasteiger charge is 2.28. The topological polar surface area (TPSA) is 56.2 Å². The monoisotopic (exact) mass is 351 g/mol. The number of nitrogens with zero attached hydrogens (tertiary/aromatic N) is 2. The number of amides is 1. The number of hydrogen-bond donors (Lipinski definition) is 1. The van der Waals surface area contributed by atoms with Gasteiger partial charge in [0.15, 0.2) is 0 Å². The van der Waals surface area contributed by atoms with Gasteiger partial charge in [-0.15, -0.1) is 0 Å². The highest BCUT2D eigenvalue weighted by Crippen LogP contribution is 2.33. The van der Waals surface area contributed by atoms with Crippen molar-refractivity contribution in [1.82, 2.24) is 15.1 Å².